The molecule has 5 nitrogen and oxygen atoms in total. The van der Waals surface area contributed by atoms with Gasteiger partial charge in [-0.25, -0.2) is 0 Å². The van der Waals surface area contributed by atoms with Gasteiger partial charge in [0.05, 0.1) is 22.8 Å². The molecular weight excluding hydrogens is 438 g/mol. The van der Waals surface area contributed by atoms with E-state index >= 15 is 0 Å². The summed E-state index contributed by atoms with van der Waals surface area (Å²) in [6.45, 7) is 1.84. The summed E-state index contributed by atoms with van der Waals surface area (Å²) in [5.74, 6) is -0.173. The molecule has 0 spiro atoms. The third-order valence-corrected chi connectivity index (χ3v) is 6.79. The number of carbonyl (C=O) groups is 1. The minimum absolute atomic E-state index is 0.451. The summed E-state index contributed by atoms with van der Waals surface area (Å²) in [5, 5.41) is 24.5. The van der Waals surface area contributed by atoms with Crippen LogP contribution in [0.15, 0.2) is 89.5 Å². The van der Waals surface area contributed by atoms with E-state index in [1.54, 1.807) is 0 Å². The van der Waals surface area contributed by atoms with Crippen molar-refractivity contribution >= 4 is 12.0 Å². The zero-order valence-electron chi connectivity index (χ0n) is 19.5. The minimum Gasteiger partial charge on any atom is -0.481 e. The first-order valence-electron chi connectivity index (χ1n) is 11.8. The highest BCUT2D eigenvalue weighted by Gasteiger charge is 2.51. The molecule has 4 aromatic rings. The SMILES string of the molecule is Cc1noc(-c2ccc(-c3ccc(C4(C(=O)O)CC4)cc3)cc2)c1C(O)C/C=C/c1ccccc1. The number of benzene rings is 3. The fourth-order valence-electron chi connectivity index (χ4n) is 4.54. The molecule has 35 heavy (non-hydrogen) atoms. The van der Waals surface area contributed by atoms with E-state index in [0.717, 1.165) is 27.8 Å². The van der Waals surface area contributed by atoms with Gasteiger partial charge in [0.1, 0.15) is 0 Å². The van der Waals surface area contributed by atoms with Crippen molar-refractivity contribution in [2.24, 2.45) is 0 Å². The molecule has 176 valence electrons. The molecule has 1 fully saturated rings. The topological polar surface area (TPSA) is 83.6 Å². The number of carboxylic acids is 1. The molecule has 0 aliphatic heterocycles. The van der Waals surface area contributed by atoms with Crippen molar-refractivity contribution in [3.05, 3.63) is 107 Å². The average molecular weight is 466 g/mol. The van der Waals surface area contributed by atoms with Crippen LogP contribution in [-0.4, -0.2) is 21.3 Å². The normalized spacial score (nSPS) is 15.3. The molecule has 5 rings (SSSR count). The number of aliphatic hydroxyl groups is 1. The van der Waals surface area contributed by atoms with E-state index in [4.69, 9.17) is 4.52 Å². The summed E-state index contributed by atoms with van der Waals surface area (Å²) >= 11 is 0. The lowest BCUT2D eigenvalue weighted by Gasteiger charge is -2.11. The maximum absolute atomic E-state index is 11.6. The van der Waals surface area contributed by atoms with Gasteiger partial charge in [-0.1, -0.05) is 96.2 Å². The van der Waals surface area contributed by atoms with Gasteiger partial charge in [-0.15, -0.1) is 0 Å². The molecule has 1 saturated carbocycles. The van der Waals surface area contributed by atoms with Gasteiger partial charge in [0, 0.05) is 5.56 Å². The molecule has 5 heteroatoms. The van der Waals surface area contributed by atoms with Crippen LogP contribution in [-0.2, 0) is 10.2 Å². The summed E-state index contributed by atoms with van der Waals surface area (Å²) in [6.07, 6.45) is 5.07. The van der Waals surface area contributed by atoms with Crippen LogP contribution in [0.25, 0.3) is 28.5 Å². The largest absolute Gasteiger partial charge is 0.481 e. The van der Waals surface area contributed by atoms with Crippen LogP contribution in [0.1, 0.15) is 47.8 Å². The second kappa shape index (κ2) is 9.35. The Balaban J connectivity index is 1.33. The molecule has 0 saturated heterocycles. The summed E-state index contributed by atoms with van der Waals surface area (Å²) in [4.78, 5) is 11.6. The molecule has 1 heterocycles. The molecule has 3 aromatic carbocycles. The van der Waals surface area contributed by atoms with Gasteiger partial charge < -0.3 is 14.7 Å². The molecule has 1 aromatic heterocycles. The number of rotatable bonds is 8. The van der Waals surface area contributed by atoms with E-state index in [-0.39, 0.29) is 0 Å². The second-order valence-corrected chi connectivity index (χ2v) is 9.12. The Labute approximate surface area is 204 Å². The number of aliphatic carboxylic acids is 1. The molecule has 0 amide bonds. The first-order chi connectivity index (χ1) is 17.0. The van der Waals surface area contributed by atoms with Gasteiger partial charge in [-0.05, 0) is 48.4 Å². The monoisotopic (exact) mass is 465 g/mol. The van der Waals surface area contributed by atoms with Crippen LogP contribution in [0.2, 0.25) is 0 Å². The van der Waals surface area contributed by atoms with E-state index in [2.05, 4.69) is 5.16 Å². The zero-order chi connectivity index (χ0) is 24.4. The van der Waals surface area contributed by atoms with Gasteiger partial charge >= 0.3 is 5.97 Å². The Morgan fingerprint density at radius 2 is 1.57 bits per heavy atom. The van der Waals surface area contributed by atoms with Crippen molar-refractivity contribution in [3.8, 4) is 22.5 Å². The van der Waals surface area contributed by atoms with Crippen molar-refractivity contribution in [1.29, 1.82) is 0 Å². The van der Waals surface area contributed by atoms with Crippen molar-refractivity contribution < 1.29 is 19.5 Å². The van der Waals surface area contributed by atoms with Crippen LogP contribution in [0.4, 0.5) is 0 Å². The Bertz CT molecular complexity index is 1350. The smallest absolute Gasteiger partial charge is 0.314 e. The third kappa shape index (κ3) is 4.55. The summed E-state index contributed by atoms with van der Waals surface area (Å²) in [5.41, 5.74) is 5.50. The van der Waals surface area contributed by atoms with Crippen LogP contribution in [0.3, 0.4) is 0 Å². The highest BCUT2D eigenvalue weighted by Crippen LogP contribution is 2.48. The van der Waals surface area contributed by atoms with Crippen molar-refractivity contribution in [2.75, 3.05) is 0 Å². The fourth-order valence-corrected chi connectivity index (χ4v) is 4.54. The summed E-state index contributed by atoms with van der Waals surface area (Å²) in [7, 11) is 0. The molecule has 0 radical (unpaired) electrons. The van der Waals surface area contributed by atoms with E-state index in [0.29, 0.717) is 36.3 Å². The Kier molecular flexibility index (Phi) is 6.10. The fraction of sp³-hybridized carbons (Fsp3) is 0.200. The van der Waals surface area contributed by atoms with Crippen molar-refractivity contribution in [1.82, 2.24) is 5.16 Å². The lowest BCUT2D eigenvalue weighted by Crippen LogP contribution is -2.19. The maximum atomic E-state index is 11.6. The van der Waals surface area contributed by atoms with Crippen LogP contribution < -0.4 is 0 Å². The predicted octanol–water partition coefficient (Wildman–Crippen LogP) is 6.57. The number of aromatic nitrogens is 1. The number of hydrogen-bond donors (Lipinski definition) is 2. The van der Waals surface area contributed by atoms with Gasteiger partial charge in [0.25, 0.3) is 0 Å². The molecule has 1 unspecified atom stereocenters. The Morgan fingerprint density at radius 1 is 0.971 bits per heavy atom. The first kappa shape index (κ1) is 22.8. The van der Waals surface area contributed by atoms with Gasteiger partial charge in [-0.2, -0.15) is 0 Å². The van der Waals surface area contributed by atoms with Crippen LogP contribution in [0.5, 0.6) is 0 Å². The number of aliphatic hydroxyl groups excluding tert-OH is 1. The number of nitrogens with zero attached hydrogens (tertiary/aromatic N) is 1. The summed E-state index contributed by atoms with van der Waals surface area (Å²) in [6, 6.07) is 25.7. The number of aryl methyl sites for hydroxylation is 1. The second-order valence-electron chi connectivity index (χ2n) is 9.12. The van der Waals surface area contributed by atoms with Crippen LogP contribution >= 0.6 is 0 Å². The van der Waals surface area contributed by atoms with Crippen molar-refractivity contribution in [3.63, 3.8) is 0 Å². The maximum Gasteiger partial charge on any atom is 0.314 e. The van der Waals surface area contributed by atoms with E-state index in [1.807, 2.05) is 97.9 Å². The van der Waals surface area contributed by atoms with E-state index in [1.165, 1.54) is 0 Å². The molecular formula is C30H27NO4. The lowest BCUT2D eigenvalue weighted by molar-refractivity contribution is -0.140. The lowest BCUT2D eigenvalue weighted by atomic mass is 9.93. The predicted molar refractivity (Wildman–Crippen MR) is 136 cm³/mol. The molecule has 1 aliphatic rings. The third-order valence-electron chi connectivity index (χ3n) is 6.79. The molecule has 2 N–H and O–H groups in total. The highest BCUT2D eigenvalue weighted by atomic mass is 16.5. The summed E-state index contributed by atoms with van der Waals surface area (Å²) < 4.78 is 5.61. The Hall–Kier alpha value is -3.96. The molecule has 1 atom stereocenters. The standard InChI is InChI=1S/C30H27NO4/c1-20-27(26(32)9-5-8-21-6-3-2-4-7-21)28(35-31-20)24-12-10-22(11-13-24)23-14-16-25(17-15-23)30(18-19-30)29(33)34/h2-8,10-17,26,32H,9,18-19H2,1H3,(H,33,34)/b8-5+. The zero-order valence-corrected chi connectivity index (χ0v) is 19.5. The van der Waals surface area contributed by atoms with E-state index in [9.17, 15) is 15.0 Å². The first-order valence-corrected chi connectivity index (χ1v) is 11.8. The van der Waals surface area contributed by atoms with Crippen molar-refractivity contribution in [2.45, 2.75) is 37.7 Å². The Morgan fingerprint density at radius 3 is 2.17 bits per heavy atom. The van der Waals surface area contributed by atoms with Gasteiger partial charge in [0.15, 0.2) is 5.76 Å². The minimum atomic E-state index is -0.745. The van der Waals surface area contributed by atoms with Crippen LogP contribution in [0, 0.1) is 6.92 Å². The number of hydrogen-bond acceptors (Lipinski definition) is 4. The number of carboxylic acid groups (broad SMARTS) is 1. The quantitative estimate of drug-likeness (QED) is 0.307. The highest BCUT2D eigenvalue weighted by molar-refractivity contribution is 5.85. The average Bonchev–Trinajstić information content (AvgIpc) is 3.61. The van der Waals surface area contributed by atoms with E-state index < -0.39 is 17.5 Å². The molecule has 1 aliphatic carbocycles. The molecule has 0 bridgehead atoms. The van der Waals surface area contributed by atoms with Gasteiger partial charge in [0.2, 0.25) is 0 Å². The van der Waals surface area contributed by atoms with Gasteiger partial charge in [-0.3, -0.25) is 4.79 Å².